The molecule has 2 aliphatic rings. The summed E-state index contributed by atoms with van der Waals surface area (Å²) >= 11 is 5.17. The quantitative estimate of drug-likeness (QED) is 0.783. The normalized spacial score (nSPS) is 24.3. The van der Waals surface area contributed by atoms with Crippen molar-refractivity contribution in [3.63, 3.8) is 0 Å². The van der Waals surface area contributed by atoms with E-state index >= 15 is 0 Å². The van der Waals surface area contributed by atoms with Crippen molar-refractivity contribution in [2.24, 2.45) is 17.1 Å². The van der Waals surface area contributed by atoms with Gasteiger partial charge in [0.05, 0.1) is 4.99 Å². The molecule has 2 rings (SSSR count). The van der Waals surface area contributed by atoms with E-state index in [9.17, 15) is 4.79 Å². The van der Waals surface area contributed by atoms with Crippen molar-refractivity contribution >= 4 is 23.1 Å². The molecule has 1 aliphatic heterocycles. The number of rotatable bonds is 4. The Bertz CT molecular complexity index is 349. The van der Waals surface area contributed by atoms with Crippen LogP contribution in [0.25, 0.3) is 0 Å². The lowest BCUT2D eigenvalue weighted by Gasteiger charge is -2.39. The van der Waals surface area contributed by atoms with Gasteiger partial charge in [0.1, 0.15) is 5.41 Å². The number of amides is 1. The first kappa shape index (κ1) is 13.7. The van der Waals surface area contributed by atoms with Crippen molar-refractivity contribution in [2.75, 3.05) is 20.3 Å². The molecule has 1 heterocycles. The summed E-state index contributed by atoms with van der Waals surface area (Å²) in [7, 11) is 1.88. The number of carbonyl (C=O) groups is 1. The van der Waals surface area contributed by atoms with Crippen LogP contribution in [0.2, 0.25) is 0 Å². The van der Waals surface area contributed by atoms with Crippen LogP contribution in [0.4, 0.5) is 0 Å². The number of ether oxygens (including phenoxy) is 1. The minimum Gasteiger partial charge on any atom is -0.392 e. The fourth-order valence-corrected chi connectivity index (χ4v) is 2.99. The van der Waals surface area contributed by atoms with Crippen molar-refractivity contribution in [1.82, 2.24) is 4.90 Å². The topological polar surface area (TPSA) is 55.6 Å². The zero-order valence-corrected chi connectivity index (χ0v) is 12.0. The van der Waals surface area contributed by atoms with Crippen molar-refractivity contribution < 1.29 is 9.53 Å². The van der Waals surface area contributed by atoms with Crippen LogP contribution in [-0.2, 0) is 9.53 Å². The first-order valence-corrected chi connectivity index (χ1v) is 7.05. The van der Waals surface area contributed by atoms with E-state index in [0.29, 0.717) is 37.0 Å². The molecule has 0 bridgehead atoms. The van der Waals surface area contributed by atoms with Crippen LogP contribution in [0.1, 0.15) is 32.6 Å². The summed E-state index contributed by atoms with van der Waals surface area (Å²) in [5.74, 6) is 0.736. The summed E-state index contributed by atoms with van der Waals surface area (Å²) in [6.45, 7) is 3.24. The Morgan fingerprint density at radius 2 is 2.00 bits per heavy atom. The van der Waals surface area contributed by atoms with Gasteiger partial charge in [0.2, 0.25) is 5.91 Å². The monoisotopic (exact) mass is 270 g/mol. The molecular weight excluding hydrogens is 248 g/mol. The number of carbonyl (C=O) groups excluding carboxylic acids is 1. The Morgan fingerprint density at radius 1 is 1.44 bits per heavy atom. The third-order valence-corrected chi connectivity index (χ3v) is 4.85. The predicted molar refractivity (Wildman–Crippen MR) is 74.2 cm³/mol. The Kier molecular flexibility index (Phi) is 3.92. The van der Waals surface area contributed by atoms with E-state index in [1.54, 1.807) is 0 Å². The number of nitrogens with zero attached hydrogens (tertiary/aromatic N) is 1. The highest BCUT2D eigenvalue weighted by Gasteiger charge is 2.46. The van der Waals surface area contributed by atoms with Crippen LogP contribution < -0.4 is 5.73 Å². The lowest BCUT2D eigenvalue weighted by Crippen LogP contribution is -2.54. The third kappa shape index (κ3) is 2.38. The highest BCUT2D eigenvalue weighted by molar-refractivity contribution is 7.80. The van der Waals surface area contributed by atoms with Crippen LogP contribution in [0.5, 0.6) is 0 Å². The predicted octanol–water partition coefficient (Wildman–Crippen LogP) is 1.33. The van der Waals surface area contributed by atoms with E-state index in [0.717, 1.165) is 0 Å². The lowest BCUT2D eigenvalue weighted by atomic mass is 9.78. The van der Waals surface area contributed by atoms with E-state index < -0.39 is 5.41 Å². The van der Waals surface area contributed by atoms with Crippen molar-refractivity contribution in [3.05, 3.63) is 0 Å². The maximum absolute atomic E-state index is 12.7. The summed E-state index contributed by atoms with van der Waals surface area (Å²) < 4.78 is 5.34. The van der Waals surface area contributed by atoms with Gasteiger partial charge in [0.25, 0.3) is 0 Å². The molecule has 5 heteroatoms. The molecule has 0 aromatic heterocycles. The molecule has 1 amide bonds. The number of hydrogen-bond donors (Lipinski definition) is 1. The molecule has 1 atom stereocenters. The second-order valence-electron chi connectivity index (χ2n) is 5.55. The second kappa shape index (κ2) is 5.13. The average Bonchev–Trinajstić information content (AvgIpc) is 3.21. The van der Waals surface area contributed by atoms with Gasteiger partial charge in [-0.1, -0.05) is 12.2 Å². The van der Waals surface area contributed by atoms with E-state index in [-0.39, 0.29) is 11.9 Å². The Morgan fingerprint density at radius 3 is 2.44 bits per heavy atom. The molecule has 102 valence electrons. The standard InChI is InChI=1S/C13H22N2O2S/c1-9(10-3-4-10)15(2)12(16)13(11(14)18)5-7-17-8-6-13/h9-10H,3-8H2,1-2H3,(H2,14,18). The molecular formula is C13H22N2O2S. The Balaban J connectivity index is 2.14. The SMILES string of the molecule is CC(C1CC1)N(C)C(=O)C1(C(N)=S)CCOCC1. The maximum Gasteiger partial charge on any atom is 0.235 e. The third-order valence-electron chi connectivity index (χ3n) is 4.46. The summed E-state index contributed by atoms with van der Waals surface area (Å²) in [6, 6.07) is 0.284. The molecule has 1 saturated heterocycles. The largest absolute Gasteiger partial charge is 0.392 e. The smallest absolute Gasteiger partial charge is 0.235 e. The lowest BCUT2D eigenvalue weighted by molar-refractivity contribution is -0.143. The van der Waals surface area contributed by atoms with Gasteiger partial charge in [-0.3, -0.25) is 4.79 Å². The second-order valence-corrected chi connectivity index (χ2v) is 5.99. The van der Waals surface area contributed by atoms with E-state index in [1.807, 2.05) is 11.9 Å². The zero-order valence-electron chi connectivity index (χ0n) is 11.1. The van der Waals surface area contributed by atoms with Crippen LogP contribution in [-0.4, -0.2) is 42.1 Å². The van der Waals surface area contributed by atoms with Crippen LogP contribution >= 0.6 is 12.2 Å². The van der Waals surface area contributed by atoms with Gasteiger partial charge < -0.3 is 15.4 Å². The van der Waals surface area contributed by atoms with Crippen LogP contribution in [0.15, 0.2) is 0 Å². The fraction of sp³-hybridized carbons (Fsp3) is 0.846. The molecule has 0 aromatic rings. The molecule has 4 nitrogen and oxygen atoms in total. The maximum atomic E-state index is 12.7. The van der Waals surface area contributed by atoms with Gasteiger partial charge in [-0.05, 0) is 38.5 Å². The summed E-state index contributed by atoms with van der Waals surface area (Å²) in [5, 5.41) is 0. The molecule has 1 saturated carbocycles. The number of nitrogens with two attached hydrogens (primary N) is 1. The van der Waals surface area contributed by atoms with Crippen LogP contribution in [0.3, 0.4) is 0 Å². The first-order valence-electron chi connectivity index (χ1n) is 6.64. The Labute approximate surface area is 114 Å². The molecule has 2 N–H and O–H groups in total. The van der Waals surface area contributed by atoms with Gasteiger partial charge in [0, 0.05) is 26.3 Å². The van der Waals surface area contributed by atoms with Crippen LogP contribution in [0, 0.1) is 11.3 Å². The summed E-state index contributed by atoms with van der Waals surface area (Å²) in [6.07, 6.45) is 3.68. The zero-order chi connectivity index (χ0) is 13.3. The van der Waals surface area contributed by atoms with E-state index in [4.69, 9.17) is 22.7 Å². The minimum atomic E-state index is -0.675. The molecule has 0 aromatic carbocycles. The molecule has 2 fully saturated rings. The fourth-order valence-electron chi connectivity index (χ4n) is 2.70. The van der Waals surface area contributed by atoms with Crippen molar-refractivity contribution in [3.8, 4) is 0 Å². The van der Waals surface area contributed by atoms with Crippen molar-refractivity contribution in [1.29, 1.82) is 0 Å². The summed E-state index contributed by atoms with van der Waals surface area (Å²) in [4.78, 5) is 14.9. The molecule has 0 radical (unpaired) electrons. The van der Waals surface area contributed by atoms with Crippen molar-refractivity contribution in [2.45, 2.75) is 38.6 Å². The van der Waals surface area contributed by atoms with Gasteiger partial charge in [-0.15, -0.1) is 0 Å². The Hall–Kier alpha value is -0.680. The molecule has 1 unspecified atom stereocenters. The average molecular weight is 270 g/mol. The van der Waals surface area contributed by atoms with E-state index in [1.165, 1.54) is 12.8 Å². The number of hydrogen-bond acceptors (Lipinski definition) is 3. The highest BCUT2D eigenvalue weighted by Crippen LogP contribution is 2.38. The van der Waals surface area contributed by atoms with Gasteiger partial charge in [-0.2, -0.15) is 0 Å². The first-order chi connectivity index (χ1) is 8.49. The van der Waals surface area contributed by atoms with Gasteiger partial charge in [0.15, 0.2) is 0 Å². The highest BCUT2D eigenvalue weighted by atomic mass is 32.1. The molecule has 0 spiro atoms. The minimum absolute atomic E-state index is 0.0812. The van der Waals surface area contributed by atoms with E-state index in [2.05, 4.69) is 6.92 Å². The van der Waals surface area contributed by atoms with Gasteiger partial charge >= 0.3 is 0 Å². The number of thiocarbonyl (C=S) groups is 1. The summed E-state index contributed by atoms with van der Waals surface area (Å²) in [5.41, 5.74) is 5.19. The molecule has 18 heavy (non-hydrogen) atoms. The molecule has 1 aliphatic carbocycles. The van der Waals surface area contributed by atoms with Gasteiger partial charge in [-0.25, -0.2) is 0 Å².